The topological polar surface area (TPSA) is 71.9 Å². The molecule has 0 aliphatic rings. The van der Waals surface area contributed by atoms with E-state index in [1.54, 1.807) is 0 Å². The third-order valence-corrected chi connectivity index (χ3v) is 3.77. The van der Waals surface area contributed by atoms with Crippen molar-refractivity contribution in [2.24, 2.45) is 0 Å². The standard InChI is InChI=1S/C14H24N2O4S/c1-3-19-9-7-16(8-10-20-4-2)14-15-12(11-21-14)5-6-13(17)18/h11H,3-10H2,1-2H3,(H,17,18). The van der Waals surface area contributed by atoms with Crippen LogP contribution < -0.4 is 4.90 Å². The second kappa shape index (κ2) is 10.5. The third kappa shape index (κ3) is 7.40. The van der Waals surface area contributed by atoms with Gasteiger partial charge in [0.1, 0.15) is 0 Å². The molecule has 1 aromatic heterocycles. The monoisotopic (exact) mass is 316 g/mol. The molecule has 0 saturated heterocycles. The number of aryl methyl sites for hydroxylation is 1. The number of aliphatic carboxylic acids is 1. The molecule has 0 bridgehead atoms. The molecule has 0 amide bonds. The fourth-order valence-corrected chi connectivity index (χ4v) is 2.65. The molecule has 6 nitrogen and oxygen atoms in total. The number of hydrogen-bond donors (Lipinski definition) is 1. The molecular weight excluding hydrogens is 292 g/mol. The van der Waals surface area contributed by atoms with Crippen molar-refractivity contribution < 1.29 is 19.4 Å². The van der Waals surface area contributed by atoms with Crippen molar-refractivity contribution in [2.75, 3.05) is 44.4 Å². The van der Waals surface area contributed by atoms with Crippen molar-refractivity contribution >= 4 is 22.4 Å². The highest BCUT2D eigenvalue weighted by Crippen LogP contribution is 2.21. The van der Waals surface area contributed by atoms with Gasteiger partial charge >= 0.3 is 5.97 Å². The highest BCUT2D eigenvalue weighted by atomic mass is 32.1. The van der Waals surface area contributed by atoms with E-state index in [0.29, 0.717) is 32.8 Å². The van der Waals surface area contributed by atoms with Crippen LogP contribution in [0.15, 0.2) is 5.38 Å². The molecule has 21 heavy (non-hydrogen) atoms. The number of thiazole rings is 1. The molecule has 0 radical (unpaired) electrons. The number of anilines is 1. The third-order valence-electron chi connectivity index (χ3n) is 2.82. The van der Waals surface area contributed by atoms with Gasteiger partial charge in [0.15, 0.2) is 5.13 Å². The van der Waals surface area contributed by atoms with Crippen molar-refractivity contribution in [3.05, 3.63) is 11.1 Å². The molecule has 0 spiro atoms. The lowest BCUT2D eigenvalue weighted by molar-refractivity contribution is -0.136. The van der Waals surface area contributed by atoms with Gasteiger partial charge in [0.05, 0.1) is 25.3 Å². The van der Waals surface area contributed by atoms with Gasteiger partial charge in [0.2, 0.25) is 0 Å². The van der Waals surface area contributed by atoms with Crippen LogP contribution in [0.1, 0.15) is 26.0 Å². The molecule has 1 aromatic rings. The van der Waals surface area contributed by atoms with Crippen LogP contribution in [0, 0.1) is 0 Å². The lowest BCUT2D eigenvalue weighted by atomic mass is 10.2. The highest BCUT2D eigenvalue weighted by molar-refractivity contribution is 7.13. The van der Waals surface area contributed by atoms with Crippen molar-refractivity contribution in [3.8, 4) is 0 Å². The van der Waals surface area contributed by atoms with Crippen LogP contribution >= 0.6 is 11.3 Å². The maximum atomic E-state index is 10.6. The second-order valence-corrected chi connectivity index (χ2v) is 5.23. The van der Waals surface area contributed by atoms with E-state index in [1.165, 1.54) is 11.3 Å². The Bertz CT molecular complexity index is 401. The van der Waals surface area contributed by atoms with E-state index in [9.17, 15) is 4.79 Å². The predicted molar refractivity (Wildman–Crippen MR) is 83.3 cm³/mol. The Kier molecular flexibility index (Phi) is 8.96. The zero-order valence-electron chi connectivity index (χ0n) is 12.7. The number of carboxylic acid groups (broad SMARTS) is 1. The number of hydrogen-bond acceptors (Lipinski definition) is 6. The summed E-state index contributed by atoms with van der Waals surface area (Å²) in [6, 6.07) is 0. The first-order valence-corrected chi connectivity index (χ1v) is 8.12. The first-order valence-electron chi connectivity index (χ1n) is 7.24. The summed E-state index contributed by atoms with van der Waals surface area (Å²) in [6.45, 7) is 8.14. The molecule has 1 heterocycles. The number of aromatic nitrogens is 1. The normalized spacial score (nSPS) is 10.8. The maximum absolute atomic E-state index is 10.6. The predicted octanol–water partition coefficient (Wildman–Crippen LogP) is 2.04. The van der Waals surface area contributed by atoms with Crippen molar-refractivity contribution in [3.63, 3.8) is 0 Å². The first kappa shape index (κ1) is 17.9. The fraction of sp³-hybridized carbons (Fsp3) is 0.714. The molecule has 1 rings (SSSR count). The van der Waals surface area contributed by atoms with Crippen LogP contribution in [0.4, 0.5) is 5.13 Å². The average molecular weight is 316 g/mol. The van der Waals surface area contributed by atoms with Gasteiger partial charge in [-0.1, -0.05) is 0 Å². The lowest BCUT2D eigenvalue weighted by Crippen LogP contribution is -2.31. The minimum Gasteiger partial charge on any atom is -0.481 e. The number of rotatable bonds is 12. The summed E-state index contributed by atoms with van der Waals surface area (Å²) in [6.07, 6.45) is 0.581. The van der Waals surface area contributed by atoms with Crippen molar-refractivity contribution in [2.45, 2.75) is 26.7 Å². The molecule has 0 aromatic carbocycles. The van der Waals surface area contributed by atoms with Gasteiger partial charge in [-0.3, -0.25) is 4.79 Å². The summed E-state index contributed by atoms with van der Waals surface area (Å²) in [5.41, 5.74) is 0.829. The minimum atomic E-state index is -0.797. The first-order chi connectivity index (χ1) is 10.2. The molecule has 0 aliphatic heterocycles. The van der Waals surface area contributed by atoms with E-state index in [1.807, 2.05) is 19.2 Å². The Morgan fingerprint density at radius 1 is 1.29 bits per heavy atom. The Balaban J connectivity index is 2.56. The van der Waals surface area contributed by atoms with Gasteiger partial charge < -0.3 is 19.5 Å². The Hall–Kier alpha value is -1.18. The van der Waals surface area contributed by atoms with Gasteiger partial charge in [0, 0.05) is 38.1 Å². The molecule has 0 saturated carbocycles. The van der Waals surface area contributed by atoms with E-state index in [-0.39, 0.29) is 6.42 Å². The molecule has 0 fully saturated rings. The van der Waals surface area contributed by atoms with E-state index in [4.69, 9.17) is 14.6 Å². The van der Waals surface area contributed by atoms with Crippen LogP contribution in [0.25, 0.3) is 0 Å². The van der Waals surface area contributed by atoms with E-state index in [0.717, 1.165) is 23.9 Å². The van der Waals surface area contributed by atoms with Gasteiger partial charge in [-0.15, -0.1) is 11.3 Å². The zero-order chi connectivity index (χ0) is 15.5. The van der Waals surface area contributed by atoms with Crippen LogP contribution in [0.5, 0.6) is 0 Å². The van der Waals surface area contributed by atoms with Crippen LogP contribution in [0.2, 0.25) is 0 Å². The zero-order valence-corrected chi connectivity index (χ0v) is 13.5. The average Bonchev–Trinajstić information content (AvgIpc) is 2.92. The Morgan fingerprint density at radius 2 is 1.90 bits per heavy atom. The molecule has 0 unspecified atom stereocenters. The number of ether oxygens (including phenoxy) is 2. The van der Waals surface area contributed by atoms with E-state index < -0.39 is 5.97 Å². The SMILES string of the molecule is CCOCCN(CCOCC)c1nc(CCC(=O)O)cs1. The molecule has 1 N–H and O–H groups in total. The Labute approximate surface area is 129 Å². The summed E-state index contributed by atoms with van der Waals surface area (Å²) in [5, 5.41) is 11.5. The summed E-state index contributed by atoms with van der Waals surface area (Å²) in [5.74, 6) is -0.797. The van der Waals surface area contributed by atoms with Gasteiger partial charge in [-0.25, -0.2) is 4.98 Å². The summed E-state index contributed by atoms with van der Waals surface area (Å²) < 4.78 is 10.8. The summed E-state index contributed by atoms with van der Waals surface area (Å²) in [4.78, 5) is 17.2. The number of nitrogens with zero attached hydrogens (tertiary/aromatic N) is 2. The molecule has 0 aliphatic carbocycles. The smallest absolute Gasteiger partial charge is 0.303 e. The summed E-state index contributed by atoms with van der Waals surface area (Å²) >= 11 is 1.54. The summed E-state index contributed by atoms with van der Waals surface area (Å²) in [7, 11) is 0. The fourth-order valence-electron chi connectivity index (χ4n) is 1.73. The highest BCUT2D eigenvalue weighted by Gasteiger charge is 2.12. The molecular formula is C14H24N2O4S. The molecule has 7 heteroatoms. The quantitative estimate of drug-likeness (QED) is 0.595. The van der Waals surface area contributed by atoms with Crippen LogP contribution in [-0.4, -0.2) is 55.6 Å². The number of carbonyl (C=O) groups is 1. The van der Waals surface area contributed by atoms with Crippen LogP contribution in [0.3, 0.4) is 0 Å². The Morgan fingerprint density at radius 3 is 2.43 bits per heavy atom. The lowest BCUT2D eigenvalue weighted by Gasteiger charge is -2.21. The van der Waals surface area contributed by atoms with E-state index >= 15 is 0 Å². The van der Waals surface area contributed by atoms with Crippen LogP contribution in [-0.2, 0) is 20.7 Å². The maximum Gasteiger partial charge on any atom is 0.303 e. The van der Waals surface area contributed by atoms with Gasteiger partial charge in [0.25, 0.3) is 0 Å². The van der Waals surface area contributed by atoms with Crippen molar-refractivity contribution in [1.29, 1.82) is 0 Å². The number of carboxylic acids is 1. The molecule has 120 valence electrons. The van der Waals surface area contributed by atoms with Crippen molar-refractivity contribution in [1.82, 2.24) is 4.98 Å². The largest absolute Gasteiger partial charge is 0.481 e. The minimum absolute atomic E-state index is 0.112. The van der Waals surface area contributed by atoms with E-state index in [2.05, 4.69) is 9.88 Å². The van der Waals surface area contributed by atoms with Gasteiger partial charge in [-0.2, -0.15) is 0 Å². The second-order valence-electron chi connectivity index (χ2n) is 4.40. The van der Waals surface area contributed by atoms with Gasteiger partial charge in [-0.05, 0) is 13.8 Å². The molecule has 0 atom stereocenters.